The fourth-order valence-corrected chi connectivity index (χ4v) is 2.55. The number of benzene rings is 4. The molecule has 0 N–H and O–H groups in total. The highest BCUT2D eigenvalue weighted by molar-refractivity contribution is 5.34. The van der Waals surface area contributed by atoms with Crippen LogP contribution in [0.25, 0.3) is 0 Å². The summed E-state index contributed by atoms with van der Waals surface area (Å²) in [6, 6.07) is 9.70. The highest BCUT2D eigenvalue weighted by atomic mass is 19.2. The van der Waals surface area contributed by atoms with Gasteiger partial charge in [-0.1, -0.05) is 12.1 Å². The molecule has 4 aromatic carbocycles. The Kier molecular flexibility index (Phi) is 13.4. The number of para-hydroxylation sites is 1. The number of hydrogen-bond donors (Lipinski definition) is 0. The van der Waals surface area contributed by atoms with E-state index in [9.17, 15) is 75.6 Å². The molecule has 12 nitrogen and oxygen atoms in total. The van der Waals surface area contributed by atoms with Crippen LogP contribution >= 0.6 is 0 Å². The summed E-state index contributed by atoms with van der Waals surface area (Å²) in [5, 5.41) is 39.9. The molecule has 0 radical (unpaired) electrons. The van der Waals surface area contributed by atoms with Gasteiger partial charge in [0.05, 0.1) is 25.8 Å². The zero-order valence-electron chi connectivity index (χ0n) is 21.0. The van der Waals surface area contributed by atoms with Gasteiger partial charge in [-0.3, -0.25) is 40.5 Å². The normalized spacial score (nSPS) is 9.64. The summed E-state index contributed by atoms with van der Waals surface area (Å²) in [6.45, 7) is 0. The second-order valence-corrected chi connectivity index (χ2v) is 7.36. The summed E-state index contributed by atoms with van der Waals surface area (Å²) in [5.41, 5.74) is -3.51. The van der Waals surface area contributed by atoms with Crippen molar-refractivity contribution in [2.24, 2.45) is 0 Å². The lowest BCUT2D eigenvalue weighted by molar-refractivity contribution is -0.390. The Morgan fingerprint density at radius 1 is 0.409 bits per heavy atom. The SMILES string of the molecule is O=[N+]([O-])c1c(F)cccc1F.O=[N+]([O-])c1cc(F)ccc1F.O=[N+]([O-])c1ccc(F)cc1F.O=[N+]([O-])c1cccc(F)c1F. The molecule has 0 aliphatic rings. The van der Waals surface area contributed by atoms with E-state index in [-0.39, 0.29) is 0 Å². The van der Waals surface area contributed by atoms with Crippen molar-refractivity contribution in [2.75, 3.05) is 0 Å². The van der Waals surface area contributed by atoms with Crippen LogP contribution in [0.1, 0.15) is 0 Å². The minimum absolute atomic E-state index is 0.470. The molecule has 0 saturated heterocycles. The second kappa shape index (κ2) is 16.4. The van der Waals surface area contributed by atoms with E-state index < -0.39 is 89.0 Å². The van der Waals surface area contributed by atoms with E-state index in [2.05, 4.69) is 0 Å². The standard InChI is InChI=1S/4C6H3F2NO2/c7-4-1-2-6(9(10)11)5(8)3-4;7-4-1-2-5(8)6(3-4)9(10)11;7-4-2-1-3-5(6(4)8)9(10)11;7-4-2-1-3-5(8)6(4)9(10)11/h4*1-3H. The van der Waals surface area contributed by atoms with E-state index in [1.807, 2.05) is 0 Å². The number of nitro groups is 4. The van der Waals surface area contributed by atoms with Crippen LogP contribution < -0.4 is 0 Å². The van der Waals surface area contributed by atoms with Crippen LogP contribution in [0.5, 0.6) is 0 Å². The van der Waals surface area contributed by atoms with Crippen LogP contribution in [0.3, 0.4) is 0 Å². The van der Waals surface area contributed by atoms with Crippen molar-refractivity contribution in [2.45, 2.75) is 0 Å². The average Bonchev–Trinajstić information content (AvgIpc) is 2.92. The molecule has 4 rings (SSSR count). The first kappa shape index (κ1) is 35.9. The van der Waals surface area contributed by atoms with Crippen molar-refractivity contribution in [1.29, 1.82) is 0 Å². The van der Waals surface area contributed by atoms with Crippen LogP contribution in [0.15, 0.2) is 72.8 Å². The lowest BCUT2D eigenvalue weighted by atomic mass is 10.3. The Bertz CT molecular complexity index is 1660. The van der Waals surface area contributed by atoms with Crippen molar-refractivity contribution in [3.8, 4) is 0 Å². The fourth-order valence-electron chi connectivity index (χ4n) is 2.55. The molecule has 0 aliphatic heterocycles. The maximum Gasteiger partial charge on any atom is 0.340 e. The lowest BCUT2D eigenvalue weighted by Gasteiger charge is -1.92. The summed E-state index contributed by atoms with van der Waals surface area (Å²) in [4.78, 5) is 35.9. The van der Waals surface area contributed by atoms with E-state index in [0.717, 1.165) is 54.6 Å². The van der Waals surface area contributed by atoms with E-state index in [4.69, 9.17) is 0 Å². The maximum absolute atomic E-state index is 12.4. The molecule has 0 saturated carbocycles. The zero-order valence-corrected chi connectivity index (χ0v) is 21.0. The summed E-state index contributed by atoms with van der Waals surface area (Å²) < 4.78 is 98.8. The minimum atomic E-state index is -1.42. The molecule has 0 aromatic heterocycles. The van der Waals surface area contributed by atoms with Gasteiger partial charge in [-0.05, 0) is 36.4 Å². The van der Waals surface area contributed by atoms with E-state index in [1.165, 1.54) is 0 Å². The van der Waals surface area contributed by atoms with Crippen molar-refractivity contribution in [3.05, 3.63) is 160 Å². The molecule has 0 unspecified atom stereocenters. The van der Waals surface area contributed by atoms with Crippen LogP contribution in [-0.2, 0) is 0 Å². The van der Waals surface area contributed by atoms with Crippen molar-refractivity contribution in [1.82, 2.24) is 0 Å². The third-order valence-corrected chi connectivity index (χ3v) is 4.46. The maximum atomic E-state index is 12.4. The van der Waals surface area contributed by atoms with Gasteiger partial charge in [0.15, 0.2) is 5.82 Å². The van der Waals surface area contributed by atoms with Crippen molar-refractivity contribution < 1.29 is 54.8 Å². The third-order valence-electron chi connectivity index (χ3n) is 4.46. The van der Waals surface area contributed by atoms with Crippen LogP contribution in [0.4, 0.5) is 57.9 Å². The monoisotopic (exact) mass is 636 g/mol. The summed E-state index contributed by atoms with van der Waals surface area (Å²) in [7, 11) is 0. The number of nitrogens with zero attached hydrogens (tertiary/aromatic N) is 4. The number of rotatable bonds is 4. The molecule has 0 spiro atoms. The molecule has 0 aliphatic carbocycles. The Morgan fingerprint density at radius 3 is 1.27 bits per heavy atom. The highest BCUT2D eigenvalue weighted by Gasteiger charge is 2.19. The van der Waals surface area contributed by atoms with Gasteiger partial charge in [0, 0.05) is 18.2 Å². The van der Waals surface area contributed by atoms with E-state index >= 15 is 0 Å². The molecule has 0 bridgehead atoms. The Hall–Kier alpha value is -6.08. The first-order chi connectivity index (χ1) is 20.5. The van der Waals surface area contributed by atoms with Gasteiger partial charge in [0.25, 0.3) is 0 Å². The first-order valence-corrected chi connectivity index (χ1v) is 10.8. The second-order valence-electron chi connectivity index (χ2n) is 7.36. The topological polar surface area (TPSA) is 173 Å². The molecule has 0 amide bonds. The van der Waals surface area contributed by atoms with Gasteiger partial charge < -0.3 is 0 Å². The van der Waals surface area contributed by atoms with Crippen LogP contribution in [0.2, 0.25) is 0 Å². The molecule has 0 atom stereocenters. The summed E-state index contributed by atoms with van der Waals surface area (Å²) >= 11 is 0. The highest BCUT2D eigenvalue weighted by Crippen LogP contribution is 2.21. The first-order valence-electron chi connectivity index (χ1n) is 10.8. The predicted octanol–water partition coefficient (Wildman–Crippen LogP) is 7.49. The molecule has 232 valence electrons. The molecule has 0 fully saturated rings. The van der Waals surface area contributed by atoms with Gasteiger partial charge in [-0.15, -0.1) is 0 Å². The van der Waals surface area contributed by atoms with Crippen LogP contribution in [-0.4, -0.2) is 19.7 Å². The number of halogens is 8. The van der Waals surface area contributed by atoms with Crippen LogP contribution in [0, 0.1) is 87.0 Å². The average molecular weight is 636 g/mol. The fraction of sp³-hybridized carbons (Fsp3) is 0. The van der Waals surface area contributed by atoms with Gasteiger partial charge in [0.2, 0.25) is 29.1 Å². The number of hydrogen-bond acceptors (Lipinski definition) is 8. The lowest BCUT2D eigenvalue weighted by Crippen LogP contribution is -1.95. The summed E-state index contributed by atoms with van der Waals surface area (Å²) in [5.74, 6) is -8.78. The Balaban J connectivity index is 0.000000293. The molecule has 20 heteroatoms. The van der Waals surface area contributed by atoms with E-state index in [0.29, 0.717) is 18.2 Å². The Morgan fingerprint density at radius 2 is 0.864 bits per heavy atom. The molecular weight excluding hydrogens is 624 g/mol. The quantitative estimate of drug-likeness (QED) is 0.126. The minimum Gasteiger partial charge on any atom is -0.258 e. The molecule has 0 heterocycles. The van der Waals surface area contributed by atoms with Gasteiger partial charge in [-0.2, -0.15) is 22.0 Å². The predicted molar refractivity (Wildman–Crippen MR) is 132 cm³/mol. The zero-order chi connectivity index (χ0) is 33.7. The van der Waals surface area contributed by atoms with Gasteiger partial charge in [0.1, 0.15) is 11.6 Å². The third kappa shape index (κ3) is 10.7. The van der Waals surface area contributed by atoms with Crippen molar-refractivity contribution >= 4 is 22.7 Å². The largest absolute Gasteiger partial charge is 0.340 e. The summed E-state index contributed by atoms with van der Waals surface area (Å²) in [6.07, 6.45) is 0. The Labute approximate surface area is 238 Å². The van der Waals surface area contributed by atoms with Crippen molar-refractivity contribution in [3.63, 3.8) is 0 Å². The smallest absolute Gasteiger partial charge is 0.258 e. The molecular formula is C24H12F8N4O8. The van der Waals surface area contributed by atoms with Gasteiger partial charge in [-0.25, -0.2) is 13.2 Å². The molecule has 4 aromatic rings. The molecule has 44 heavy (non-hydrogen) atoms. The van der Waals surface area contributed by atoms with Gasteiger partial charge >= 0.3 is 22.7 Å². The number of nitro benzene ring substituents is 4. The van der Waals surface area contributed by atoms with E-state index in [1.54, 1.807) is 0 Å².